The van der Waals surface area contributed by atoms with Gasteiger partial charge in [0.2, 0.25) is 0 Å². The van der Waals surface area contributed by atoms with Gasteiger partial charge in [-0.1, -0.05) is 0 Å². The normalized spacial score (nSPS) is 25.5. The molecule has 1 aliphatic heterocycles. The standard InChI is InChI=1S/C13H19FIN3/c1-8-6-18(7-9(2)17(8)3)13-4-10(14)11(15)5-12(13)16/h4-5,8-9H,6-7,16H2,1-3H3. The lowest BCUT2D eigenvalue weighted by atomic mass is 10.1. The average Bonchev–Trinajstić information content (AvgIpc) is 2.30. The van der Waals surface area contributed by atoms with Gasteiger partial charge in [-0.3, -0.25) is 4.90 Å². The van der Waals surface area contributed by atoms with Crippen LogP contribution in [-0.2, 0) is 0 Å². The van der Waals surface area contributed by atoms with Crippen molar-refractivity contribution in [1.82, 2.24) is 4.90 Å². The molecule has 1 fully saturated rings. The van der Waals surface area contributed by atoms with Gasteiger partial charge in [-0.15, -0.1) is 0 Å². The Balaban J connectivity index is 2.29. The summed E-state index contributed by atoms with van der Waals surface area (Å²) in [5.74, 6) is -0.195. The van der Waals surface area contributed by atoms with Crippen LogP contribution in [0.4, 0.5) is 15.8 Å². The Morgan fingerprint density at radius 3 is 2.39 bits per heavy atom. The molecule has 5 heteroatoms. The van der Waals surface area contributed by atoms with Gasteiger partial charge in [0.15, 0.2) is 0 Å². The van der Waals surface area contributed by atoms with Gasteiger partial charge in [-0.05, 0) is 49.6 Å². The van der Waals surface area contributed by atoms with Crippen LogP contribution in [0.15, 0.2) is 12.1 Å². The minimum atomic E-state index is -0.195. The molecule has 1 saturated heterocycles. The Labute approximate surface area is 121 Å². The van der Waals surface area contributed by atoms with E-state index in [9.17, 15) is 4.39 Å². The SMILES string of the molecule is CC1CN(c2cc(F)c(I)cc2N)CC(C)N1C. The smallest absolute Gasteiger partial charge is 0.138 e. The van der Waals surface area contributed by atoms with E-state index in [4.69, 9.17) is 5.73 Å². The summed E-state index contributed by atoms with van der Waals surface area (Å²) in [7, 11) is 2.13. The largest absolute Gasteiger partial charge is 0.397 e. The molecular formula is C13H19FIN3. The number of hydrogen-bond acceptors (Lipinski definition) is 3. The van der Waals surface area contributed by atoms with Crippen LogP contribution < -0.4 is 10.6 Å². The molecule has 100 valence electrons. The summed E-state index contributed by atoms with van der Waals surface area (Å²) in [6.45, 7) is 6.12. The first-order valence-corrected chi connectivity index (χ1v) is 7.19. The zero-order valence-electron chi connectivity index (χ0n) is 11.0. The van der Waals surface area contributed by atoms with E-state index in [-0.39, 0.29) is 5.82 Å². The lowest BCUT2D eigenvalue weighted by molar-refractivity contribution is 0.170. The van der Waals surface area contributed by atoms with Crippen LogP contribution in [0.2, 0.25) is 0 Å². The Hall–Kier alpha value is -0.560. The zero-order chi connectivity index (χ0) is 13.4. The van der Waals surface area contributed by atoms with E-state index in [0.717, 1.165) is 18.8 Å². The van der Waals surface area contributed by atoms with Gasteiger partial charge in [-0.25, -0.2) is 4.39 Å². The fourth-order valence-electron chi connectivity index (χ4n) is 2.43. The van der Waals surface area contributed by atoms with E-state index < -0.39 is 0 Å². The van der Waals surface area contributed by atoms with E-state index in [1.807, 2.05) is 22.6 Å². The quantitative estimate of drug-likeness (QED) is 0.615. The monoisotopic (exact) mass is 363 g/mol. The fraction of sp³-hybridized carbons (Fsp3) is 0.538. The molecule has 0 bridgehead atoms. The zero-order valence-corrected chi connectivity index (χ0v) is 13.1. The molecular weight excluding hydrogens is 344 g/mol. The Morgan fingerprint density at radius 2 is 1.83 bits per heavy atom. The third-order valence-electron chi connectivity index (χ3n) is 3.77. The molecule has 2 unspecified atom stereocenters. The highest BCUT2D eigenvalue weighted by Crippen LogP contribution is 2.30. The molecule has 1 aromatic carbocycles. The lowest BCUT2D eigenvalue weighted by Crippen LogP contribution is -2.55. The topological polar surface area (TPSA) is 32.5 Å². The molecule has 18 heavy (non-hydrogen) atoms. The van der Waals surface area contributed by atoms with Crippen LogP contribution in [0.3, 0.4) is 0 Å². The van der Waals surface area contributed by atoms with Crippen LogP contribution >= 0.6 is 22.6 Å². The summed E-state index contributed by atoms with van der Waals surface area (Å²) in [5, 5.41) is 0. The Kier molecular flexibility index (Phi) is 4.01. The number of benzene rings is 1. The summed E-state index contributed by atoms with van der Waals surface area (Å²) >= 11 is 1.97. The van der Waals surface area contributed by atoms with Crippen LogP contribution in [0.5, 0.6) is 0 Å². The molecule has 0 radical (unpaired) electrons. The highest BCUT2D eigenvalue weighted by molar-refractivity contribution is 14.1. The molecule has 2 N–H and O–H groups in total. The molecule has 0 aromatic heterocycles. The number of nitrogens with two attached hydrogens (primary N) is 1. The van der Waals surface area contributed by atoms with Crippen LogP contribution in [0.1, 0.15) is 13.8 Å². The molecule has 1 aliphatic rings. The highest BCUT2D eigenvalue weighted by Gasteiger charge is 2.27. The first-order valence-electron chi connectivity index (χ1n) is 6.11. The Morgan fingerprint density at radius 1 is 1.28 bits per heavy atom. The number of anilines is 2. The molecule has 2 rings (SSSR count). The second-order valence-electron chi connectivity index (χ2n) is 5.09. The van der Waals surface area contributed by atoms with Crippen molar-refractivity contribution in [2.45, 2.75) is 25.9 Å². The van der Waals surface area contributed by atoms with E-state index >= 15 is 0 Å². The van der Waals surface area contributed by atoms with E-state index in [1.54, 1.807) is 12.1 Å². The predicted octanol–water partition coefficient (Wildman–Crippen LogP) is 2.54. The molecule has 2 atom stereocenters. The van der Waals surface area contributed by atoms with Gasteiger partial charge >= 0.3 is 0 Å². The van der Waals surface area contributed by atoms with E-state index in [1.165, 1.54) is 0 Å². The molecule has 1 aromatic rings. The number of likely N-dealkylation sites (N-methyl/N-ethyl adjacent to an activating group) is 1. The van der Waals surface area contributed by atoms with Gasteiger partial charge in [0, 0.05) is 31.2 Å². The summed E-state index contributed by atoms with van der Waals surface area (Å²) < 4.78 is 14.3. The third-order valence-corrected chi connectivity index (χ3v) is 4.60. The lowest BCUT2D eigenvalue weighted by Gasteiger charge is -2.43. The summed E-state index contributed by atoms with van der Waals surface area (Å²) in [4.78, 5) is 4.53. The minimum Gasteiger partial charge on any atom is -0.397 e. The Bertz CT molecular complexity index is 440. The maximum atomic E-state index is 13.7. The van der Waals surface area contributed by atoms with Crippen LogP contribution in [-0.4, -0.2) is 37.1 Å². The maximum Gasteiger partial charge on any atom is 0.138 e. The van der Waals surface area contributed by atoms with Crippen molar-refractivity contribution >= 4 is 34.0 Å². The van der Waals surface area contributed by atoms with Gasteiger partial charge in [-0.2, -0.15) is 0 Å². The number of halogens is 2. The van der Waals surface area contributed by atoms with Crippen molar-refractivity contribution in [2.75, 3.05) is 30.8 Å². The summed E-state index contributed by atoms with van der Waals surface area (Å²) in [5.41, 5.74) is 7.50. The van der Waals surface area contributed by atoms with Gasteiger partial charge in [0.25, 0.3) is 0 Å². The number of piperazine rings is 1. The second-order valence-corrected chi connectivity index (χ2v) is 6.26. The molecule has 0 aliphatic carbocycles. The summed E-state index contributed by atoms with van der Waals surface area (Å²) in [6.07, 6.45) is 0. The van der Waals surface area contributed by atoms with Crippen molar-refractivity contribution < 1.29 is 4.39 Å². The number of nitrogen functional groups attached to an aromatic ring is 1. The first-order chi connectivity index (χ1) is 8.40. The number of rotatable bonds is 1. The minimum absolute atomic E-state index is 0.195. The van der Waals surface area contributed by atoms with Crippen LogP contribution in [0, 0.1) is 9.39 Å². The molecule has 0 amide bonds. The van der Waals surface area contributed by atoms with E-state index in [0.29, 0.717) is 21.3 Å². The van der Waals surface area contributed by atoms with Gasteiger partial charge in [0.1, 0.15) is 5.82 Å². The third kappa shape index (κ3) is 2.56. The van der Waals surface area contributed by atoms with Crippen molar-refractivity contribution in [2.24, 2.45) is 0 Å². The first kappa shape index (κ1) is 13.9. The van der Waals surface area contributed by atoms with Gasteiger partial charge in [0.05, 0.1) is 14.9 Å². The molecule has 3 nitrogen and oxygen atoms in total. The molecule has 0 saturated carbocycles. The van der Waals surface area contributed by atoms with Gasteiger partial charge < -0.3 is 10.6 Å². The fourth-order valence-corrected chi connectivity index (χ4v) is 2.92. The molecule has 0 spiro atoms. The van der Waals surface area contributed by atoms with Crippen molar-refractivity contribution in [3.8, 4) is 0 Å². The number of nitrogens with zero attached hydrogens (tertiary/aromatic N) is 2. The highest BCUT2D eigenvalue weighted by atomic mass is 127. The average molecular weight is 363 g/mol. The maximum absolute atomic E-state index is 13.7. The second kappa shape index (κ2) is 5.21. The molecule has 1 heterocycles. The van der Waals surface area contributed by atoms with Crippen molar-refractivity contribution in [3.63, 3.8) is 0 Å². The summed E-state index contributed by atoms with van der Waals surface area (Å²) in [6, 6.07) is 4.15. The van der Waals surface area contributed by atoms with Crippen molar-refractivity contribution in [3.05, 3.63) is 21.5 Å². The predicted molar refractivity (Wildman–Crippen MR) is 82.4 cm³/mol. The van der Waals surface area contributed by atoms with E-state index in [2.05, 4.69) is 30.7 Å². The van der Waals surface area contributed by atoms with Crippen LogP contribution in [0.25, 0.3) is 0 Å². The van der Waals surface area contributed by atoms with Crippen molar-refractivity contribution in [1.29, 1.82) is 0 Å². The number of hydrogen-bond donors (Lipinski definition) is 1.